The van der Waals surface area contributed by atoms with Crippen molar-refractivity contribution in [2.24, 2.45) is 22.8 Å². The van der Waals surface area contributed by atoms with Crippen molar-refractivity contribution in [3.63, 3.8) is 0 Å². The molecule has 2 atom stereocenters. The Morgan fingerprint density at radius 3 is 2.67 bits per heavy atom. The van der Waals surface area contributed by atoms with E-state index in [4.69, 9.17) is 11.5 Å². The molecular weight excluding hydrogens is 148 g/mol. The van der Waals surface area contributed by atoms with Gasteiger partial charge in [-0.05, 0) is 43.4 Å². The van der Waals surface area contributed by atoms with Crippen molar-refractivity contribution in [2.75, 3.05) is 0 Å². The summed E-state index contributed by atoms with van der Waals surface area (Å²) in [5.74, 6) is 0.934. The number of nitrogens with two attached hydrogens (primary N) is 2. The van der Waals surface area contributed by atoms with Crippen LogP contribution in [0.2, 0.25) is 0 Å². The van der Waals surface area contributed by atoms with Gasteiger partial charge in [0.25, 0.3) is 0 Å². The first-order valence-corrected chi connectivity index (χ1v) is 4.85. The summed E-state index contributed by atoms with van der Waals surface area (Å²) >= 11 is 0. The molecule has 0 aromatic carbocycles. The van der Waals surface area contributed by atoms with Crippen molar-refractivity contribution in [3.8, 4) is 0 Å². The van der Waals surface area contributed by atoms with Crippen LogP contribution in [0.3, 0.4) is 0 Å². The molecule has 12 heavy (non-hydrogen) atoms. The first kappa shape index (κ1) is 7.96. The first-order valence-electron chi connectivity index (χ1n) is 4.85. The molecule has 68 valence electrons. The lowest BCUT2D eigenvalue weighted by molar-refractivity contribution is 0.434. The molecule has 2 nitrogen and oxygen atoms in total. The number of hydrogen-bond acceptors (Lipinski definition) is 2. The third kappa shape index (κ3) is 1.19. The van der Waals surface area contributed by atoms with E-state index in [9.17, 15) is 0 Å². The van der Waals surface area contributed by atoms with Crippen molar-refractivity contribution in [1.29, 1.82) is 0 Å². The van der Waals surface area contributed by atoms with Crippen LogP contribution in [0, 0.1) is 11.3 Å². The lowest BCUT2D eigenvalue weighted by Crippen LogP contribution is -2.14. The van der Waals surface area contributed by atoms with E-state index in [0.717, 1.165) is 30.2 Å². The van der Waals surface area contributed by atoms with Gasteiger partial charge in [0.15, 0.2) is 0 Å². The number of rotatable bonds is 0. The van der Waals surface area contributed by atoms with Crippen LogP contribution in [0.25, 0.3) is 0 Å². The second-order valence-electron chi connectivity index (χ2n) is 4.64. The molecule has 0 aliphatic heterocycles. The van der Waals surface area contributed by atoms with Crippen LogP contribution in [-0.4, -0.2) is 0 Å². The first-order chi connectivity index (χ1) is 5.62. The lowest BCUT2D eigenvalue weighted by atomic mass is 9.93. The molecule has 4 N–H and O–H groups in total. The molecule has 1 fully saturated rings. The molecule has 0 unspecified atom stereocenters. The fraction of sp³-hybridized carbons (Fsp3) is 0.800. The maximum atomic E-state index is 5.84. The highest BCUT2D eigenvalue weighted by Gasteiger charge is 2.49. The molecule has 0 aromatic heterocycles. The summed E-state index contributed by atoms with van der Waals surface area (Å²) in [6, 6.07) is 0. The van der Waals surface area contributed by atoms with E-state index in [1.165, 1.54) is 19.3 Å². The van der Waals surface area contributed by atoms with Crippen LogP contribution < -0.4 is 11.5 Å². The van der Waals surface area contributed by atoms with Crippen molar-refractivity contribution in [1.82, 2.24) is 0 Å². The molecule has 1 saturated carbocycles. The van der Waals surface area contributed by atoms with E-state index in [0.29, 0.717) is 5.41 Å². The molecule has 0 radical (unpaired) electrons. The molecule has 2 rings (SSSR count). The van der Waals surface area contributed by atoms with E-state index in [1.807, 2.05) is 0 Å². The Kier molecular flexibility index (Phi) is 1.60. The molecule has 0 saturated heterocycles. The summed E-state index contributed by atoms with van der Waals surface area (Å²) in [5, 5.41) is 0. The highest BCUT2D eigenvalue weighted by Crippen LogP contribution is 2.58. The van der Waals surface area contributed by atoms with Crippen LogP contribution in [0.5, 0.6) is 0 Å². The molecule has 0 aromatic rings. The van der Waals surface area contributed by atoms with Gasteiger partial charge >= 0.3 is 0 Å². The monoisotopic (exact) mass is 166 g/mol. The molecular formula is C10H18N2. The summed E-state index contributed by atoms with van der Waals surface area (Å²) in [6.07, 6.45) is 5.92. The standard InChI is InChI=1S/C10H18N2/c1-10-5-4-9(12)8(11)3-2-7(10)6-10/h7H,2-6,11-12H2,1H3/b9-8-/t7-,10+/m1/s1. The minimum atomic E-state index is 0.616. The van der Waals surface area contributed by atoms with E-state index in [1.54, 1.807) is 0 Å². The molecule has 2 aliphatic carbocycles. The third-order valence-electron chi connectivity index (χ3n) is 3.68. The minimum absolute atomic E-state index is 0.616. The lowest BCUT2D eigenvalue weighted by Gasteiger charge is -2.16. The maximum Gasteiger partial charge on any atom is 0.0271 e. The summed E-state index contributed by atoms with van der Waals surface area (Å²) in [7, 11) is 0. The van der Waals surface area contributed by atoms with Crippen molar-refractivity contribution in [2.45, 2.75) is 39.0 Å². The molecule has 0 heterocycles. The normalized spacial score (nSPS) is 47.6. The fourth-order valence-corrected chi connectivity index (χ4v) is 2.33. The Labute approximate surface area is 74.0 Å². The Bertz CT molecular complexity index is 232. The van der Waals surface area contributed by atoms with Gasteiger partial charge in [0.2, 0.25) is 0 Å². The Balaban J connectivity index is 2.09. The van der Waals surface area contributed by atoms with Gasteiger partial charge in [0.05, 0.1) is 0 Å². The molecule has 0 bridgehead atoms. The zero-order valence-corrected chi connectivity index (χ0v) is 7.77. The van der Waals surface area contributed by atoms with Gasteiger partial charge in [-0.3, -0.25) is 0 Å². The van der Waals surface area contributed by atoms with Crippen molar-refractivity contribution >= 4 is 0 Å². The average Bonchev–Trinajstić information content (AvgIpc) is 2.67. The second kappa shape index (κ2) is 2.41. The Hall–Kier alpha value is -0.660. The SMILES string of the molecule is C[C@@]12CC/C(N)=C(/N)CC[C@@H]1C2. The number of allylic oxidation sites excluding steroid dienone is 2. The van der Waals surface area contributed by atoms with Gasteiger partial charge in [-0.15, -0.1) is 0 Å². The maximum absolute atomic E-state index is 5.84. The number of hydrogen-bond donors (Lipinski definition) is 2. The molecule has 2 heteroatoms. The molecule has 0 amide bonds. The summed E-state index contributed by atoms with van der Waals surface area (Å²) in [4.78, 5) is 0. The molecule has 0 spiro atoms. The largest absolute Gasteiger partial charge is 0.401 e. The molecule has 2 aliphatic rings. The topological polar surface area (TPSA) is 52.0 Å². The predicted molar refractivity (Wildman–Crippen MR) is 50.1 cm³/mol. The van der Waals surface area contributed by atoms with Gasteiger partial charge in [-0.2, -0.15) is 0 Å². The van der Waals surface area contributed by atoms with Gasteiger partial charge < -0.3 is 11.5 Å². The predicted octanol–water partition coefficient (Wildman–Crippen LogP) is 1.72. The van der Waals surface area contributed by atoms with E-state index in [-0.39, 0.29) is 0 Å². The summed E-state index contributed by atoms with van der Waals surface area (Å²) in [6.45, 7) is 2.38. The fourth-order valence-electron chi connectivity index (χ4n) is 2.33. The van der Waals surface area contributed by atoms with Crippen LogP contribution in [0.15, 0.2) is 11.4 Å². The quantitative estimate of drug-likeness (QED) is 0.575. The van der Waals surface area contributed by atoms with Crippen LogP contribution >= 0.6 is 0 Å². The average molecular weight is 166 g/mol. The summed E-state index contributed by atoms with van der Waals surface area (Å²) < 4.78 is 0. The van der Waals surface area contributed by atoms with E-state index >= 15 is 0 Å². The van der Waals surface area contributed by atoms with Gasteiger partial charge in [-0.25, -0.2) is 0 Å². The third-order valence-corrected chi connectivity index (χ3v) is 3.68. The van der Waals surface area contributed by atoms with Gasteiger partial charge in [0.1, 0.15) is 0 Å². The highest BCUT2D eigenvalue weighted by molar-refractivity contribution is 5.13. The Morgan fingerprint density at radius 1 is 1.25 bits per heavy atom. The van der Waals surface area contributed by atoms with Crippen molar-refractivity contribution < 1.29 is 0 Å². The second-order valence-corrected chi connectivity index (χ2v) is 4.64. The van der Waals surface area contributed by atoms with E-state index < -0.39 is 0 Å². The Morgan fingerprint density at radius 2 is 1.92 bits per heavy atom. The zero-order chi connectivity index (χ0) is 8.77. The van der Waals surface area contributed by atoms with Crippen LogP contribution in [0.4, 0.5) is 0 Å². The van der Waals surface area contributed by atoms with Gasteiger partial charge in [-0.1, -0.05) is 6.92 Å². The van der Waals surface area contributed by atoms with E-state index in [2.05, 4.69) is 6.92 Å². The highest BCUT2D eigenvalue weighted by atomic mass is 14.7. The zero-order valence-electron chi connectivity index (χ0n) is 7.77. The summed E-state index contributed by atoms with van der Waals surface area (Å²) in [5.41, 5.74) is 14.2. The van der Waals surface area contributed by atoms with Gasteiger partial charge in [0, 0.05) is 11.4 Å². The van der Waals surface area contributed by atoms with Crippen LogP contribution in [-0.2, 0) is 0 Å². The number of fused-ring (bicyclic) bond motifs is 1. The van der Waals surface area contributed by atoms with Crippen molar-refractivity contribution in [3.05, 3.63) is 11.4 Å². The van der Waals surface area contributed by atoms with Crippen LogP contribution in [0.1, 0.15) is 39.0 Å². The minimum Gasteiger partial charge on any atom is -0.401 e. The smallest absolute Gasteiger partial charge is 0.0271 e.